The first-order valence-corrected chi connectivity index (χ1v) is 4.14. The lowest BCUT2D eigenvalue weighted by molar-refractivity contribution is -0.102. The van der Waals surface area contributed by atoms with Gasteiger partial charge in [0.15, 0.2) is 6.29 Å². The number of fused-ring (bicyclic) bond motifs is 1. The topological polar surface area (TPSA) is 49.7 Å². The van der Waals surface area contributed by atoms with Crippen LogP contribution in [0.4, 0.5) is 5.69 Å². The number of carbonyl (C=O) groups excluding carboxylic acids is 1. The number of nitrogens with zero attached hydrogens (tertiary/aromatic N) is 1. The summed E-state index contributed by atoms with van der Waals surface area (Å²) in [7, 11) is 0. The predicted octanol–water partition coefficient (Wildman–Crippen LogP) is 1.61. The Hall–Kier alpha value is -1.64. The van der Waals surface area contributed by atoms with E-state index in [-0.39, 0.29) is 5.75 Å². The molecule has 0 bridgehead atoms. The molecular weight excluding hydrogens is 166 g/mol. The first kappa shape index (κ1) is 7.98. The van der Waals surface area contributed by atoms with Crippen molar-refractivity contribution in [3.63, 3.8) is 0 Å². The van der Waals surface area contributed by atoms with Crippen LogP contribution in [0.15, 0.2) is 23.2 Å². The fraction of sp³-hybridized carbons (Fsp3) is 0.200. The van der Waals surface area contributed by atoms with Gasteiger partial charge in [-0.05, 0) is 24.5 Å². The first-order chi connectivity index (χ1) is 6.29. The van der Waals surface area contributed by atoms with Crippen molar-refractivity contribution in [2.45, 2.75) is 12.8 Å². The summed E-state index contributed by atoms with van der Waals surface area (Å²) in [6.45, 7) is 0. The summed E-state index contributed by atoms with van der Waals surface area (Å²) < 4.78 is 0. The molecule has 0 atom stereocenters. The van der Waals surface area contributed by atoms with Crippen LogP contribution in [0.3, 0.4) is 0 Å². The van der Waals surface area contributed by atoms with Crippen molar-refractivity contribution in [3.8, 4) is 5.75 Å². The van der Waals surface area contributed by atoms with Gasteiger partial charge in [-0.2, -0.15) is 0 Å². The van der Waals surface area contributed by atoms with Gasteiger partial charge in [0.05, 0.1) is 11.4 Å². The minimum Gasteiger partial charge on any atom is -0.508 e. The van der Waals surface area contributed by atoms with Gasteiger partial charge in [0, 0.05) is 6.07 Å². The molecule has 0 fully saturated rings. The highest BCUT2D eigenvalue weighted by atomic mass is 16.3. The number of aromatic hydroxyl groups is 1. The number of hydrogen-bond acceptors (Lipinski definition) is 3. The van der Waals surface area contributed by atoms with Crippen molar-refractivity contribution in [3.05, 3.63) is 23.8 Å². The maximum Gasteiger partial charge on any atom is 0.164 e. The molecule has 3 heteroatoms. The third kappa shape index (κ3) is 1.45. The number of hydrogen-bond donors (Lipinski definition) is 1. The summed E-state index contributed by atoms with van der Waals surface area (Å²) in [6, 6.07) is 5.06. The van der Waals surface area contributed by atoms with Crippen LogP contribution < -0.4 is 0 Å². The second kappa shape index (κ2) is 3.01. The number of aliphatic imine (C=N–C) groups is 1. The van der Waals surface area contributed by atoms with E-state index in [0.29, 0.717) is 17.8 Å². The summed E-state index contributed by atoms with van der Waals surface area (Å²) in [5.41, 5.74) is 2.36. The van der Waals surface area contributed by atoms with Crippen molar-refractivity contribution >= 4 is 17.7 Å². The van der Waals surface area contributed by atoms with E-state index in [1.54, 1.807) is 12.1 Å². The van der Waals surface area contributed by atoms with Crippen LogP contribution in [0.1, 0.15) is 12.0 Å². The first-order valence-electron chi connectivity index (χ1n) is 4.14. The van der Waals surface area contributed by atoms with Gasteiger partial charge in [-0.25, -0.2) is 4.99 Å². The second-order valence-corrected chi connectivity index (χ2v) is 3.03. The van der Waals surface area contributed by atoms with E-state index in [4.69, 9.17) is 0 Å². The van der Waals surface area contributed by atoms with Crippen molar-refractivity contribution in [2.75, 3.05) is 0 Å². The molecule has 2 rings (SSSR count). The summed E-state index contributed by atoms with van der Waals surface area (Å²) in [5.74, 6) is 0.189. The Morgan fingerprint density at radius 2 is 2.23 bits per heavy atom. The molecule has 0 aliphatic carbocycles. The average Bonchev–Trinajstić information content (AvgIpc) is 2.16. The van der Waals surface area contributed by atoms with Crippen LogP contribution >= 0.6 is 0 Å². The van der Waals surface area contributed by atoms with Gasteiger partial charge in [-0.15, -0.1) is 0 Å². The van der Waals surface area contributed by atoms with Gasteiger partial charge >= 0.3 is 0 Å². The van der Waals surface area contributed by atoms with Gasteiger partial charge in [-0.1, -0.05) is 6.07 Å². The molecule has 0 saturated heterocycles. The van der Waals surface area contributed by atoms with E-state index in [9.17, 15) is 9.90 Å². The maximum atomic E-state index is 10.5. The number of phenolic OH excluding ortho intramolecular Hbond substituents is 1. The molecule has 66 valence electrons. The molecule has 1 heterocycles. The Morgan fingerprint density at radius 3 is 3.00 bits per heavy atom. The molecule has 13 heavy (non-hydrogen) atoms. The van der Waals surface area contributed by atoms with Crippen molar-refractivity contribution in [2.24, 2.45) is 4.99 Å². The van der Waals surface area contributed by atoms with Gasteiger partial charge in [0.2, 0.25) is 0 Å². The van der Waals surface area contributed by atoms with Gasteiger partial charge in [0.25, 0.3) is 0 Å². The Labute approximate surface area is 75.7 Å². The maximum absolute atomic E-state index is 10.5. The SMILES string of the molecule is O=CC1=Nc2cc(O)ccc2CC1. The molecule has 0 spiro atoms. The van der Waals surface area contributed by atoms with Crippen LogP contribution in [-0.2, 0) is 11.2 Å². The van der Waals surface area contributed by atoms with Crippen LogP contribution in [0.5, 0.6) is 5.75 Å². The zero-order chi connectivity index (χ0) is 9.26. The summed E-state index contributed by atoms with van der Waals surface area (Å²) in [6.07, 6.45) is 2.29. The highest BCUT2D eigenvalue weighted by molar-refractivity contribution is 6.29. The molecule has 1 aliphatic rings. The minimum atomic E-state index is 0.189. The van der Waals surface area contributed by atoms with E-state index in [1.165, 1.54) is 0 Å². The second-order valence-electron chi connectivity index (χ2n) is 3.03. The summed E-state index contributed by atoms with van der Waals surface area (Å²) in [5, 5.41) is 9.19. The van der Waals surface area contributed by atoms with Gasteiger partial charge < -0.3 is 5.11 Å². The van der Waals surface area contributed by atoms with E-state index in [1.807, 2.05) is 6.07 Å². The normalized spacial score (nSPS) is 14.6. The number of carbonyl (C=O) groups is 1. The fourth-order valence-corrected chi connectivity index (χ4v) is 1.43. The Bertz CT molecular complexity index is 383. The number of aldehydes is 1. The largest absolute Gasteiger partial charge is 0.508 e. The molecule has 0 aromatic heterocycles. The zero-order valence-electron chi connectivity index (χ0n) is 7.03. The van der Waals surface area contributed by atoms with E-state index in [0.717, 1.165) is 18.3 Å². The van der Waals surface area contributed by atoms with E-state index < -0.39 is 0 Å². The highest BCUT2D eigenvalue weighted by Gasteiger charge is 2.11. The molecule has 0 unspecified atom stereocenters. The minimum absolute atomic E-state index is 0.189. The number of benzene rings is 1. The standard InChI is InChI=1S/C10H9NO2/c12-6-8-3-1-7-2-4-9(13)5-10(7)11-8/h2,4-6,13H,1,3H2. The molecule has 1 aromatic rings. The quantitative estimate of drug-likeness (QED) is 0.659. The lowest BCUT2D eigenvalue weighted by Crippen LogP contribution is -2.06. The molecule has 1 aromatic carbocycles. The van der Waals surface area contributed by atoms with Crippen molar-refractivity contribution in [1.82, 2.24) is 0 Å². The van der Waals surface area contributed by atoms with Crippen LogP contribution in [0, 0.1) is 0 Å². The van der Waals surface area contributed by atoms with Crippen molar-refractivity contribution < 1.29 is 9.90 Å². The molecular formula is C10H9NO2. The fourth-order valence-electron chi connectivity index (χ4n) is 1.43. The predicted molar refractivity (Wildman–Crippen MR) is 49.6 cm³/mol. The third-order valence-electron chi connectivity index (χ3n) is 2.12. The zero-order valence-corrected chi connectivity index (χ0v) is 7.03. The number of aryl methyl sites for hydroxylation is 1. The third-order valence-corrected chi connectivity index (χ3v) is 2.12. The highest BCUT2D eigenvalue weighted by Crippen LogP contribution is 2.28. The molecule has 0 amide bonds. The lowest BCUT2D eigenvalue weighted by Gasteiger charge is -2.11. The summed E-state index contributed by atoms with van der Waals surface area (Å²) >= 11 is 0. The number of phenols is 1. The Balaban J connectivity index is 2.49. The van der Waals surface area contributed by atoms with Crippen LogP contribution in [0.25, 0.3) is 0 Å². The Morgan fingerprint density at radius 1 is 1.38 bits per heavy atom. The molecule has 0 radical (unpaired) electrons. The van der Waals surface area contributed by atoms with Crippen LogP contribution in [-0.4, -0.2) is 17.1 Å². The van der Waals surface area contributed by atoms with Crippen LogP contribution in [0.2, 0.25) is 0 Å². The molecule has 1 aliphatic heterocycles. The van der Waals surface area contributed by atoms with Gasteiger partial charge in [-0.3, -0.25) is 4.79 Å². The van der Waals surface area contributed by atoms with E-state index >= 15 is 0 Å². The van der Waals surface area contributed by atoms with Gasteiger partial charge in [0.1, 0.15) is 5.75 Å². The lowest BCUT2D eigenvalue weighted by atomic mass is 10.0. The smallest absolute Gasteiger partial charge is 0.164 e. The molecule has 3 nitrogen and oxygen atoms in total. The molecule has 1 N–H and O–H groups in total. The average molecular weight is 175 g/mol. The number of rotatable bonds is 1. The summed E-state index contributed by atoms with van der Waals surface area (Å²) in [4.78, 5) is 14.6. The monoisotopic (exact) mass is 175 g/mol. The van der Waals surface area contributed by atoms with E-state index in [2.05, 4.69) is 4.99 Å². The Kier molecular flexibility index (Phi) is 1.85. The molecule has 0 saturated carbocycles. The van der Waals surface area contributed by atoms with Crippen molar-refractivity contribution in [1.29, 1.82) is 0 Å².